The molecule has 2 unspecified atom stereocenters. The summed E-state index contributed by atoms with van der Waals surface area (Å²) in [5.74, 6) is -1.17. The zero-order valence-electron chi connectivity index (χ0n) is 15.4. The quantitative estimate of drug-likeness (QED) is 0.859. The maximum Gasteiger partial charge on any atom is 0.410 e. The molecule has 1 aromatic carbocycles. The second-order valence-electron chi connectivity index (χ2n) is 7.54. The number of likely N-dealkylation sites (tertiary alicyclic amines) is 1. The molecule has 6 heteroatoms. The molecule has 1 N–H and O–H groups in total. The molecule has 2 rings (SSSR count). The second-order valence-corrected chi connectivity index (χ2v) is 7.54. The van der Waals surface area contributed by atoms with Crippen LogP contribution in [-0.4, -0.2) is 36.2 Å². The van der Waals surface area contributed by atoms with Gasteiger partial charge in [-0.3, -0.25) is 0 Å². The molecule has 1 fully saturated rings. The minimum absolute atomic E-state index is 0.0620. The van der Waals surface area contributed by atoms with Gasteiger partial charge in [0.2, 0.25) is 0 Å². The smallest absolute Gasteiger partial charge is 0.410 e. The summed E-state index contributed by atoms with van der Waals surface area (Å²) in [5, 5.41) is 3.26. The van der Waals surface area contributed by atoms with E-state index < -0.39 is 23.3 Å². The van der Waals surface area contributed by atoms with Crippen molar-refractivity contribution >= 4 is 6.09 Å². The van der Waals surface area contributed by atoms with E-state index >= 15 is 0 Å². The van der Waals surface area contributed by atoms with Crippen molar-refractivity contribution in [1.29, 1.82) is 0 Å². The molecule has 1 aliphatic heterocycles. The molecule has 0 aliphatic carbocycles. The summed E-state index contributed by atoms with van der Waals surface area (Å²) in [7, 11) is 0. The summed E-state index contributed by atoms with van der Waals surface area (Å²) in [6.45, 7) is 9.06. The first-order valence-corrected chi connectivity index (χ1v) is 8.88. The fourth-order valence-corrected chi connectivity index (χ4v) is 3.16. The Morgan fingerprint density at radius 3 is 2.56 bits per heavy atom. The lowest BCUT2D eigenvalue weighted by Gasteiger charge is -2.27. The number of halogens is 2. The van der Waals surface area contributed by atoms with Gasteiger partial charge in [0.25, 0.3) is 0 Å². The fourth-order valence-electron chi connectivity index (χ4n) is 3.16. The zero-order chi connectivity index (χ0) is 18.6. The van der Waals surface area contributed by atoms with E-state index in [0.717, 1.165) is 6.42 Å². The predicted octanol–water partition coefficient (Wildman–Crippen LogP) is 4.26. The summed E-state index contributed by atoms with van der Waals surface area (Å²) in [6, 6.07) is 3.46. The van der Waals surface area contributed by atoms with Crippen molar-refractivity contribution in [2.24, 2.45) is 5.92 Å². The maximum absolute atomic E-state index is 14.3. The zero-order valence-corrected chi connectivity index (χ0v) is 15.4. The molecule has 0 aromatic heterocycles. The van der Waals surface area contributed by atoms with Gasteiger partial charge in [-0.05, 0) is 58.2 Å². The Balaban J connectivity index is 2.16. The molecule has 25 heavy (non-hydrogen) atoms. The van der Waals surface area contributed by atoms with Gasteiger partial charge in [0.15, 0.2) is 0 Å². The monoisotopic (exact) mass is 354 g/mol. The number of ether oxygens (including phenoxy) is 1. The normalized spacial score (nSPS) is 19.1. The van der Waals surface area contributed by atoms with Gasteiger partial charge < -0.3 is 15.0 Å². The van der Waals surface area contributed by atoms with Crippen molar-refractivity contribution < 1.29 is 18.3 Å². The minimum Gasteiger partial charge on any atom is -0.444 e. The number of hydrogen-bond donors (Lipinski definition) is 1. The van der Waals surface area contributed by atoms with E-state index in [2.05, 4.69) is 5.32 Å². The van der Waals surface area contributed by atoms with E-state index in [1.54, 1.807) is 4.90 Å². The van der Waals surface area contributed by atoms with Gasteiger partial charge in [-0.25, -0.2) is 13.6 Å². The van der Waals surface area contributed by atoms with Crippen LogP contribution in [0.2, 0.25) is 0 Å². The summed E-state index contributed by atoms with van der Waals surface area (Å²) >= 11 is 0. The van der Waals surface area contributed by atoms with Gasteiger partial charge >= 0.3 is 6.09 Å². The van der Waals surface area contributed by atoms with Crippen LogP contribution in [0.5, 0.6) is 0 Å². The topological polar surface area (TPSA) is 41.6 Å². The third-order valence-electron chi connectivity index (χ3n) is 4.27. The van der Waals surface area contributed by atoms with Crippen molar-refractivity contribution in [3.8, 4) is 0 Å². The number of rotatable bonds is 5. The molecule has 0 saturated carbocycles. The molecule has 0 radical (unpaired) electrons. The first kappa shape index (κ1) is 19.6. The molecule has 140 valence electrons. The Hall–Kier alpha value is -1.69. The van der Waals surface area contributed by atoms with Crippen LogP contribution in [0.15, 0.2) is 18.2 Å². The van der Waals surface area contributed by atoms with E-state index in [0.29, 0.717) is 26.1 Å². The Labute approximate surface area is 148 Å². The Kier molecular flexibility index (Phi) is 6.38. The summed E-state index contributed by atoms with van der Waals surface area (Å²) in [4.78, 5) is 13.9. The van der Waals surface area contributed by atoms with Gasteiger partial charge in [0.05, 0.1) is 0 Å². The Morgan fingerprint density at radius 2 is 2.00 bits per heavy atom. The van der Waals surface area contributed by atoms with Crippen LogP contribution < -0.4 is 5.32 Å². The van der Waals surface area contributed by atoms with E-state index in [1.807, 2.05) is 27.7 Å². The highest BCUT2D eigenvalue weighted by Crippen LogP contribution is 2.33. The average Bonchev–Trinajstić information content (AvgIpc) is 2.98. The first-order chi connectivity index (χ1) is 11.7. The number of nitrogens with one attached hydrogen (secondary N) is 1. The molecule has 1 aliphatic rings. The highest BCUT2D eigenvalue weighted by Gasteiger charge is 2.36. The van der Waals surface area contributed by atoms with E-state index in [1.165, 1.54) is 18.2 Å². The SMILES string of the molecule is CCCNC(c1c(F)cccc1F)C1CCN(C(=O)OC(C)(C)C)C1. The number of nitrogens with zero attached hydrogens (tertiary/aromatic N) is 1. The fraction of sp³-hybridized carbons (Fsp3) is 0.632. The van der Waals surface area contributed by atoms with Gasteiger partial charge in [0.1, 0.15) is 17.2 Å². The molecule has 1 saturated heterocycles. The molecule has 1 aromatic rings. The van der Waals surface area contributed by atoms with Crippen LogP contribution >= 0.6 is 0 Å². The third-order valence-corrected chi connectivity index (χ3v) is 4.27. The lowest BCUT2D eigenvalue weighted by molar-refractivity contribution is 0.0285. The largest absolute Gasteiger partial charge is 0.444 e. The summed E-state index contributed by atoms with van der Waals surface area (Å²) in [6.07, 6.45) is 1.15. The molecule has 0 spiro atoms. The van der Waals surface area contributed by atoms with E-state index in [-0.39, 0.29) is 17.6 Å². The van der Waals surface area contributed by atoms with Crippen molar-refractivity contribution in [1.82, 2.24) is 10.2 Å². The van der Waals surface area contributed by atoms with Crippen LogP contribution in [0.4, 0.5) is 13.6 Å². The molecule has 0 bridgehead atoms. The number of amides is 1. The average molecular weight is 354 g/mol. The van der Waals surface area contributed by atoms with Gasteiger partial charge in [0, 0.05) is 24.7 Å². The van der Waals surface area contributed by atoms with Crippen LogP contribution in [0, 0.1) is 17.6 Å². The molecular weight excluding hydrogens is 326 g/mol. The maximum atomic E-state index is 14.3. The molecule has 4 nitrogen and oxygen atoms in total. The van der Waals surface area contributed by atoms with Crippen molar-refractivity contribution in [2.45, 2.75) is 52.2 Å². The van der Waals surface area contributed by atoms with E-state index in [9.17, 15) is 13.6 Å². The standard InChI is InChI=1S/C19H28F2N2O2/c1-5-10-22-17(16-14(20)7-6-8-15(16)21)13-9-11-23(12-13)18(24)25-19(2,3)4/h6-8,13,17,22H,5,9-12H2,1-4H3. The van der Waals surface area contributed by atoms with Crippen molar-refractivity contribution in [3.05, 3.63) is 35.4 Å². The number of benzene rings is 1. The third kappa shape index (κ3) is 5.14. The summed E-state index contributed by atoms with van der Waals surface area (Å²) < 4.78 is 34.0. The van der Waals surface area contributed by atoms with Gasteiger partial charge in [-0.2, -0.15) is 0 Å². The molecule has 2 atom stereocenters. The first-order valence-electron chi connectivity index (χ1n) is 8.88. The van der Waals surface area contributed by atoms with Crippen LogP contribution in [0.25, 0.3) is 0 Å². The lowest BCUT2D eigenvalue weighted by atomic mass is 9.91. The van der Waals surface area contributed by atoms with Crippen LogP contribution in [0.3, 0.4) is 0 Å². The van der Waals surface area contributed by atoms with Crippen LogP contribution in [0.1, 0.15) is 52.1 Å². The second kappa shape index (κ2) is 8.13. The molecule has 1 heterocycles. The van der Waals surface area contributed by atoms with Crippen molar-refractivity contribution in [2.75, 3.05) is 19.6 Å². The van der Waals surface area contributed by atoms with E-state index in [4.69, 9.17) is 4.74 Å². The van der Waals surface area contributed by atoms with Gasteiger partial charge in [-0.1, -0.05) is 13.0 Å². The Morgan fingerprint density at radius 1 is 1.36 bits per heavy atom. The number of hydrogen-bond acceptors (Lipinski definition) is 3. The minimum atomic E-state index is -0.563. The molecule has 1 amide bonds. The molecular formula is C19H28F2N2O2. The highest BCUT2D eigenvalue weighted by atomic mass is 19.1. The van der Waals surface area contributed by atoms with Crippen molar-refractivity contribution in [3.63, 3.8) is 0 Å². The van der Waals surface area contributed by atoms with Gasteiger partial charge in [-0.15, -0.1) is 0 Å². The number of carbonyl (C=O) groups is 1. The van der Waals surface area contributed by atoms with Crippen LogP contribution in [-0.2, 0) is 4.74 Å². The number of carbonyl (C=O) groups excluding carboxylic acids is 1. The Bertz CT molecular complexity index is 581. The lowest BCUT2D eigenvalue weighted by Crippen LogP contribution is -2.37. The predicted molar refractivity (Wildman–Crippen MR) is 93.3 cm³/mol. The highest BCUT2D eigenvalue weighted by molar-refractivity contribution is 5.68. The summed E-state index contributed by atoms with van der Waals surface area (Å²) in [5.41, 5.74) is -0.501.